The minimum Gasteiger partial charge on any atom is -0.466 e. The van der Waals surface area contributed by atoms with Crippen molar-refractivity contribution in [1.29, 1.82) is 0 Å². The SMILES string of the molecule is CCCCCC(NC(=O)C1c2ccccc2-c2ccccc21)c1ccccc1CC(=O)OCC. The second-order valence-electron chi connectivity index (χ2n) is 8.85. The van der Waals surface area contributed by atoms with Gasteiger partial charge in [-0.05, 0) is 46.7 Å². The Labute approximate surface area is 202 Å². The number of rotatable bonds is 10. The van der Waals surface area contributed by atoms with Crippen LogP contribution in [0.15, 0.2) is 72.8 Å². The number of esters is 1. The summed E-state index contributed by atoms with van der Waals surface area (Å²) in [6, 6.07) is 24.1. The molecule has 4 heteroatoms. The van der Waals surface area contributed by atoms with E-state index in [0.717, 1.165) is 59.1 Å². The highest BCUT2D eigenvalue weighted by molar-refractivity contribution is 5.96. The van der Waals surface area contributed by atoms with Crippen LogP contribution in [0.4, 0.5) is 0 Å². The van der Waals surface area contributed by atoms with Gasteiger partial charge < -0.3 is 10.1 Å². The molecule has 34 heavy (non-hydrogen) atoms. The summed E-state index contributed by atoms with van der Waals surface area (Å²) in [7, 11) is 0. The molecule has 0 aliphatic heterocycles. The van der Waals surface area contributed by atoms with Crippen molar-refractivity contribution in [3.63, 3.8) is 0 Å². The molecule has 0 bridgehead atoms. The van der Waals surface area contributed by atoms with Crippen LogP contribution in [0.3, 0.4) is 0 Å². The third-order valence-electron chi connectivity index (χ3n) is 6.58. The van der Waals surface area contributed by atoms with Gasteiger partial charge >= 0.3 is 5.97 Å². The Bertz CT molecular complexity index is 1110. The quantitative estimate of drug-likeness (QED) is 0.287. The maximum Gasteiger partial charge on any atom is 0.310 e. The lowest BCUT2D eigenvalue weighted by atomic mass is 9.91. The minimum absolute atomic E-state index is 0.00448. The molecule has 1 aliphatic rings. The topological polar surface area (TPSA) is 55.4 Å². The minimum atomic E-state index is -0.335. The number of unbranched alkanes of at least 4 members (excludes halogenated alkanes) is 2. The third-order valence-corrected chi connectivity index (χ3v) is 6.58. The molecule has 176 valence electrons. The van der Waals surface area contributed by atoms with Crippen molar-refractivity contribution in [3.05, 3.63) is 95.1 Å². The Morgan fingerprint density at radius 1 is 0.853 bits per heavy atom. The third kappa shape index (κ3) is 5.06. The van der Waals surface area contributed by atoms with Crippen molar-refractivity contribution in [2.24, 2.45) is 0 Å². The molecular weight excluding hydrogens is 422 g/mol. The van der Waals surface area contributed by atoms with Gasteiger partial charge in [0.1, 0.15) is 0 Å². The van der Waals surface area contributed by atoms with E-state index in [-0.39, 0.29) is 30.3 Å². The number of hydrogen-bond acceptors (Lipinski definition) is 3. The first kappa shape index (κ1) is 23.7. The smallest absolute Gasteiger partial charge is 0.310 e. The van der Waals surface area contributed by atoms with Crippen LogP contribution in [0.5, 0.6) is 0 Å². The first-order chi connectivity index (χ1) is 16.6. The molecule has 3 aromatic carbocycles. The van der Waals surface area contributed by atoms with Gasteiger partial charge in [0.05, 0.1) is 25.0 Å². The number of ether oxygens (including phenoxy) is 1. The van der Waals surface area contributed by atoms with Gasteiger partial charge in [-0.15, -0.1) is 0 Å². The van der Waals surface area contributed by atoms with Crippen LogP contribution in [0.2, 0.25) is 0 Å². The van der Waals surface area contributed by atoms with E-state index in [9.17, 15) is 9.59 Å². The molecule has 3 aromatic rings. The highest BCUT2D eigenvalue weighted by atomic mass is 16.5. The van der Waals surface area contributed by atoms with Crippen molar-refractivity contribution in [2.45, 2.75) is 57.9 Å². The number of fused-ring (bicyclic) bond motifs is 3. The number of nitrogens with one attached hydrogen (secondary N) is 1. The maximum absolute atomic E-state index is 13.8. The van der Waals surface area contributed by atoms with Crippen LogP contribution in [0, 0.1) is 0 Å². The summed E-state index contributed by atoms with van der Waals surface area (Å²) in [5, 5.41) is 3.37. The van der Waals surface area contributed by atoms with Crippen LogP contribution in [0.1, 0.15) is 73.7 Å². The van der Waals surface area contributed by atoms with Crippen LogP contribution < -0.4 is 5.32 Å². The van der Waals surface area contributed by atoms with E-state index >= 15 is 0 Å². The molecule has 0 heterocycles. The molecule has 4 rings (SSSR count). The highest BCUT2D eigenvalue weighted by Gasteiger charge is 2.34. The van der Waals surface area contributed by atoms with Crippen molar-refractivity contribution < 1.29 is 14.3 Å². The lowest BCUT2D eigenvalue weighted by Gasteiger charge is -2.24. The van der Waals surface area contributed by atoms with Gasteiger partial charge in [0, 0.05) is 0 Å². The molecule has 1 amide bonds. The van der Waals surface area contributed by atoms with Gasteiger partial charge in [0.2, 0.25) is 5.91 Å². The molecular formula is C30H33NO3. The van der Waals surface area contributed by atoms with E-state index in [2.05, 4.69) is 36.5 Å². The van der Waals surface area contributed by atoms with Crippen LogP contribution in [-0.2, 0) is 20.7 Å². The number of hydrogen-bond donors (Lipinski definition) is 1. The molecule has 1 atom stereocenters. The molecule has 0 radical (unpaired) electrons. The molecule has 0 fully saturated rings. The normalized spacial score (nSPS) is 13.1. The van der Waals surface area contributed by atoms with Crippen molar-refractivity contribution in [1.82, 2.24) is 5.32 Å². The van der Waals surface area contributed by atoms with E-state index in [1.165, 1.54) is 0 Å². The fourth-order valence-corrected chi connectivity index (χ4v) is 5.00. The maximum atomic E-state index is 13.8. The predicted octanol–water partition coefficient (Wildman–Crippen LogP) is 6.34. The monoisotopic (exact) mass is 455 g/mol. The van der Waals surface area contributed by atoms with E-state index in [1.807, 2.05) is 55.5 Å². The summed E-state index contributed by atoms with van der Waals surface area (Å²) >= 11 is 0. The number of benzene rings is 3. The summed E-state index contributed by atoms with van der Waals surface area (Å²) in [5.41, 5.74) is 6.27. The predicted molar refractivity (Wildman–Crippen MR) is 136 cm³/mol. The summed E-state index contributed by atoms with van der Waals surface area (Å²) in [6.07, 6.45) is 4.25. The van der Waals surface area contributed by atoms with Gasteiger partial charge in [0.25, 0.3) is 0 Å². The molecule has 0 saturated heterocycles. The molecule has 0 saturated carbocycles. The van der Waals surface area contributed by atoms with Crippen molar-refractivity contribution >= 4 is 11.9 Å². The first-order valence-corrected chi connectivity index (χ1v) is 12.4. The van der Waals surface area contributed by atoms with Crippen LogP contribution in [-0.4, -0.2) is 18.5 Å². The van der Waals surface area contributed by atoms with Gasteiger partial charge in [0.15, 0.2) is 0 Å². The molecule has 0 aromatic heterocycles. The fourth-order valence-electron chi connectivity index (χ4n) is 5.00. The van der Waals surface area contributed by atoms with Gasteiger partial charge in [-0.3, -0.25) is 9.59 Å². The van der Waals surface area contributed by atoms with E-state index in [1.54, 1.807) is 0 Å². The largest absolute Gasteiger partial charge is 0.466 e. The lowest BCUT2D eigenvalue weighted by Crippen LogP contribution is -2.33. The Hall–Kier alpha value is -3.40. The second kappa shape index (κ2) is 11.1. The second-order valence-corrected chi connectivity index (χ2v) is 8.85. The van der Waals surface area contributed by atoms with Gasteiger partial charge in [-0.25, -0.2) is 0 Å². The molecule has 0 spiro atoms. The van der Waals surface area contributed by atoms with Crippen LogP contribution >= 0.6 is 0 Å². The van der Waals surface area contributed by atoms with E-state index in [4.69, 9.17) is 4.74 Å². The zero-order valence-corrected chi connectivity index (χ0v) is 20.1. The lowest BCUT2D eigenvalue weighted by molar-refractivity contribution is -0.142. The Kier molecular flexibility index (Phi) is 7.79. The zero-order chi connectivity index (χ0) is 23.9. The van der Waals surface area contributed by atoms with Crippen LogP contribution in [0.25, 0.3) is 11.1 Å². The summed E-state index contributed by atoms with van der Waals surface area (Å²) in [5.74, 6) is -0.574. The number of carbonyl (C=O) groups is 2. The number of amides is 1. The highest BCUT2D eigenvalue weighted by Crippen LogP contribution is 2.45. The summed E-state index contributed by atoms with van der Waals surface area (Å²) < 4.78 is 5.19. The average molecular weight is 456 g/mol. The Morgan fingerprint density at radius 3 is 2.12 bits per heavy atom. The van der Waals surface area contributed by atoms with E-state index in [0.29, 0.717) is 6.61 Å². The summed E-state index contributed by atoms with van der Waals surface area (Å²) in [6.45, 7) is 4.35. The van der Waals surface area contributed by atoms with Crippen molar-refractivity contribution in [3.8, 4) is 11.1 Å². The summed E-state index contributed by atoms with van der Waals surface area (Å²) in [4.78, 5) is 26.1. The first-order valence-electron chi connectivity index (χ1n) is 12.4. The molecule has 1 N–H and O–H groups in total. The van der Waals surface area contributed by atoms with Crippen molar-refractivity contribution in [2.75, 3.05) is 6.61 Å². The standard InChI is InChI=1S/C30H33NO3/c1-3-5-6-19-27(22-14-8-7-13-21(22)20-28(32)34-4-2)31-30(33)29-25-17-11-9-15-23(25)24-16-10-12-18-26(24)29/h7-18,27,29H,3-6,19-20H2,1-2H3,(H,31,33). The average Bonchev–Trinajstić information content (AvgIpc) is 3.19. The molecule has 1 unspecified atom stereocenters. The molecule has 4 nitrogen and oxygen atoms in total. The Morgan fingerprint density at radius 2 is 1.47 bits per heavy atom. The Balaban J connectivity index is 1.64. The number of carbonyl (C=O) groups excluding carboxylic acids is 2. The fraction of sp³-hybridized carbons (Fsp3) is 0.333. The van der Waals surface area contributed by atoms with E-state index < -0.39 is 0 Å². The molecule has 1 aliphatic carbocycles. The zero-order valence-electron chi connectivity index (χ0n) is 20.1. The van der Waals surface area contributed by atoms with Gasteiger partial charge in [-0.2, -0.15) is 0 Å². The van der Waals surface area contributed by atoms with Gasteiger partial charge in [-0.1, -0.05) is 99.0 Å².